The van der Waals surface area contributed by atoms with Gasteiger partial charge in [0, 0.05) is 18.2 Å². The summed E-state index contributed by atoms with van der Waals surface area (Å²) in [6.07, 6.45) is -1.41. The molecule has 0 heterocycles. The molecule has 0 radical (unpaired) electrons. The summed E-state index contributed by atoms with van der Waals surface area (Å²) in [5, 5.41) is 0. The van der Waals surface area contributed by atoms with Crippen LogP contribution in [0.1, 0.15) is 5.56 Å². The lowest BCUT2D eigenvalue weighted by Crippen LogP contribution is -2.38. The second-order valence-electron chi connectivity index (χ2n) is 4.37. The van der Waals surface area contributed by atoms with Crippen LogP contribution in [-0.4, -0.2) is 36.7 Å². The third-order valence-corrected chi connectivity index (χ3v) is 2.57. The van der Waals surface area contributed by atoms with E-state index < -0.39 is 25.2 Å². The predicted molar refractivity (Wildman–Crippen MR) is 74.9 cm³/mol. The van der Waals surface area contributed by atoms with Crippen molar-refractivity contribution >= 4 is 12.0 Å². The molecule has 0 fully saturated rings. The van der Waals surface area contributed by atoms with E-state index in [1.54, 1.807) is 0 Å². The van der Waals surface area contributed by atoms with Gasteiger partial charge in [0.15, 0.2) is 0 Å². The van der Waals surface area contributed by atoms with Gasteiger partial charge >= 0.3 is 12.8 Å². The van der Waals surface area contributed by atoms with Gasteiger partial charge in [0.25, 0.3) is 0 Å². The Bertz CT molecular complexity index is 569. The van der Waals surface area contributed by atoms with Crippen LogP contribution in [0.4, 0.5) is 22.0 Å². The predicted octanol–water partition coefficient (Wildman–Crippen LogP) is 3.88. The van der Waals surface area contributed by atoms with Crippen LogP contribution in [0.5, 0.6) is 5.75 Å². The summed E-state index contributed by atoms with van der Waals surface area (Å²) >= 11 is 0. The molecule has 0 bridgehead atoms. The highest BCUT2D eigenvalue weighted by Crippen LogP contribution is 2.22. The number of ether oxygens (including phenoxy) is 1. The Morgan fingerprint density at radius 3 is 2.52 bits per heavy atom. The van der Waals surface area contributed by atoms with Crippen molar-refractivity contribution < 1.29 is 31.5 Å². The van der Waals surface area contributed by atoms with E-state index in [9.17, 15) is 26.7 Å². The van der Waals surface area contributed by atoms with Gasteiger partial charge in [-0.2, -0.15) is 22.0 Å². The fourth-order valence-corrected chi connectivity index (χ4v) is 1.69. The van der Waals surface area contributed by atoms with Crippen LogP contribution in [0.2, 0.25) is 0 Å². The Morgan fingerprint density at radius 1 is 1.30 bits per heavy atom. The third kappa shape index (κ3) is 6.94. The van der Waals surface area contributed by atoms with Crippen LogP contribution in [0.25, 0.3) is 6.08 Å². The van der Waals surface area contributed by atoms with Crippen LogP contribution in [-0.2, 0) is 4.79 Å². The first-order valence-corrected chi connectivity index (χ1v) is 6.41. The first-order valence-electron chi connectivity index (χ1n) is 6.41. The maximum Gasteiger partial charge on any atom is 0.406 e. The largest absolute Gasteiger partial charge is 0.434 e. The molecule has 1 amide bonds. The van der Waals surface area contributed by atoms with E-state index in [1.165, 1.54) is 24.3 Å². The van der Waals surface area contributed by atoms with Crippen molar-refractivity contribution in [2.75, 3.05) is 13.1 Å². The van der Waals surface area contributed by atoms with E-state index in [-0.39, 0.29) is 17.9 Å². The Balaban J connectivity index is 2.89. The molecule has 1 aromatic rings. The average Bonchev–Trinajstić information content (AvgIpc) is 2.43. The summed E-state index contributed by atoms with van der Waals surface area (Å²) < 4.78 is 66.0. The summed E-state index contributed by atoms with van der Waals surface area (Å²) in [7, 11) is 0. The number of rotatable bonds is 7. The summed E-state index contributed by atoms with van der Waals surface area (Å²) in [6, 6.07) is 5.61. The monoisotopic (exact) mass is 335 g/mol. The summed E-state index contributed by atoms with van der Waals surface area (Å²) in [5.41, 5.74) is 0.145. The molecule has 0 aromatic heterocycles. The number of carbonyl (C=O) groups is 1. The van der Waals surface area contributed by atoms with Gasteiger partial charge in [0.2, 0.25) is 5.91 Å². The maximum absolute atomic E-state index is 12.4. The lowest BCUT2D eigenvalue weighted by Gasteiger charge is -2.21. The van der Waals surface area contributed by atoms with Crippen LogP contribution in [0.3, 0.4) is 0 Å². The molecule has 0 saturated heterocycles. The molecule has 0 aliphatic heterocycles. The molecule has 1 rings (SSSR count). The number of nitrogens with zero attached hydrogens (tertiary/aromatic N) is 1. The smallest absolute Gasteiger partial charge is 0.406 e. The molecule has 8 heteroatoms. The van der Waals surface area contributed by atoms with Gasteiger partial charge in [0.1, 0.15) is 12.3 Å². The van der Waals surface area contributed by atoms with Gasteiger partial charge in [0.05, 0.1) is 0 Å². The lowest BCUT2D eigenvalue weighted by molar-refractivity contribution is -0.157. The fraction of sp³-hybridized carbons (Fsp3) is 0.267. The highest BCUT2D eigenvalue weighted by atomic mass is 19.4. The number of hydrogen-bond acceptors (Lipinski definition) is 2. The van der Waals surface area contributed by atoms with E-state index in [2.05, 4.69) is 11.3 Å². The van der Waals surface area contributed by atoms with Crippen molar-refractivity contribution in [1.82, 2.24) is 4.90 Å². The molecule has 0 saturated carbocycles. The Labute approximate surface area is 129 Å². The van der Waals surface area contributed by atoms with Crippen LogP contribution >= 0.6 is 0 Å². The van der Waals surface area contributed by atoms with Crippen molar-refractivity contribution in [3.63, 3.8) is 0 Å². The minimum atomic E-state index is -4.55. The number of carbonyl (C=O) groups excluding carboxylic acids is 1. The highest BCUT2D eigenvalue weighted by molar-refractivity contribution is 5.92. The number of amides is 1. The Hall–Kier alpha value is -2.38. The molecule has 126 valence electrons. The molecule has 0 N–H and O–H groups in total. The zero-order valence-corrected chi connectivity index (χ0v) is 11.9. The van der Waals surface area contributed by atoms with Crippen molar-refractivity contribution in [2.24, 2.45) is 0 Å². The molecule has 1 aromatic carbocycles. The van der Waals surface area contributed by atoms with E-state index in [1.807, 2.05) is 0 Å². The molecule has 0 spiro atoms. The molecule has 0 atom stereocenters. The highest BCUT2D eigenvalue weighted by Gasteiger charge is 2.31. The van der Waals surface area contributed by atoms with Crippen molar-refractivity contribution in [3.8, 4) is 5.75 Å². The van der Waals surface area contributed by atoms with Crippen LogP contribution in [0.15, 0.2) is 43.0 Å². The van der Waals surface area contributed by atoms with Gasteiger partial charge < -0.3 is 9.64 Å². The summed E-state index contributed by atoms with van der Waals surface area (Å²) in [6.45, 7) is -1.49. The SMILES string of the molecule is C=CCN(CC(F)(F)F)C(=O)/C=C/c1ccccc1OC(F)F. The van der Waals surface area contributed by atoms with E-state index in [4.69, 9.17) is 0 Å². The van der Waals surface area contributed by atoms with Crippen LogP contribution < -0.4 is 4.74 Å². The fourth-order valence-electron chi connectivity index (χ4n) is 1.69. The third-order valence-electron chi connectivity index (χ3n) is 2.57. The van der Waals surface area contributed by atoms with Gasteiger partial charge in [-0.25, -0.2) is 0 Å². The topological polar surface area (TPSA) is 29.5 Å². The minimum Gasteiger partial charge on any atom is -0.434 e. The summed E-state index contributed by atoms with van der Waals surface area (Å²) in [4.78, 5) is 12.3. The van der Waals surface area contributed by atoms with Gasteiger partial charge in [-0.1, -0.05) is 24.3 Å². The van der Waals surface area contributed by atoms with Crippen molar-refractivity contribution in [1.29, 1.82) is 0 Å². The van der Waals surface area contributed by atoms with E-state index >= 15 is 0 Å². The van der Waals surface area contributed by atoms with Gasteiger partial charge in [-0.05, 0) is 12.1 Å². The average molecular weight is 335 g/mol. The lowest BCUT2D eigenvalue weighted by atomic mass is 10.2. The normalized spacial score (nSPS) is 11.7. The zero-order chi connectivity index (χ0) is 17.5. The van der Waals surface area contributed by atoms with Crippen molar-refractivity contribution in [2.45, 2.75) is 12.8 Å². The van der Waals surface area contributed by atoms with Gasteiger partial charge in [-0.3, -0.25) is 4.79 Å². The van der Waals surface area contributed by atoms with Gasteiger partial charge in [-0.15, -0.1) is 6.58 Å². The van der Waals surface area contributed by atoms with Crippen LogP contribution in [0, 0.1) is 0 Å². The Morgan fingerprint density at radius 2 is 1.96 bits per heavy atom. The zero-order valence-electron chi connectivity index (χ0n) is 11.9. The molecular weight excluding hydrogens is 321 g/mol. The standard InChI is InChI=1S/C15H14F5NO2/c1-2-9-21(10-15(18,19)20)13(22)8-7-11-5-3-4-6-12(11)23-14(16)17/h2-8,14H,1,9-10H2/b8-7+. The number of para-hydroxylation sites is 1. The number of benzene rings is 1. The molecule has 0 aliphatic carbocycles. The Kier molecular flexibility index (Phi) is 6.74. The molecule has 3 nitrogen and oxygen atoms in total. The number of alkyl halides is 5. The molecule has 0 aliphatic rings. The second-order valence-corrected chi connectivity index (χ2v) is 4.37. The first-order chi connectivity index (χ1) is 10.7. The second kappa shape index (κ2) is 8.30. The number of hydrogen-bond donors (Lipinski definition) is 0. The van der Waals surface area contributed by atoms with Crippen molar-refractivity contribution in [3.05, 3.63) is 48.6 Å². The first kappa shape index (κ1) is 18.7. The minimum absolute atomic E-state index is 0.145. The molecule has 23 heavy (non-hydrogen) atoms. The molecule has 0 unspecified atom stereocenters. The number of halogens is 5. The maximum atomic E-state index is 12.4. The quantitative estimate of drug-likeness (QED) is 0.430. The molecular formula is C15H14F5NO2. The van der Waals surface area contributed by atoms with E-state index in [0.717, 1.165) is 18.2 Å². The van der Waals surface area contributed by atoms with E-state index in [0.29, 0.717) is 4.90 Å². The summed E-state index contributed by atoms with van der Waals surface area (Å²) in [5.74, 6) is -1.10.